The van der Waals surface area contributed by atoms with E-state index in [9.17, 15) is 14.4 Å². The fourth-order valence-corrected chi connectivity index (χ4v) is 4.15. The van der Waals surface area contributed by atoms with Gasteiger partial charge in [-0.1, -0.05) is 37.1 Å². The van der Waals surface area contributed by atoms with E-state index in [1.165, 1.54) is 0 Å². The van der Waals surface area contributed by atoms with Gasteiger partial charge in [-0.2, -0.15) is 0 Å². The summed E-state index contributed by atoms with van der Waals surface area (Å²) >= 11 is 0. The Bertz CT molecular complexity index is 842. The number of carbonyl (C=O) groups is 3. The summed E-state index contributed by atoms with van der Waals surface area (Å²) in [5.74, 6) is -0.464. The molecule has 2 unspecified atom stereocenters. The Labute approximate surface area is 198 Å². The van der Waals surface area contributed by atoms with Crippen molar-refractivity contribution in [2.24, 2.45) is 0 Å². The van der Waals surface area contributed by atoms with Gasteiger partial charge in [-0.3, -0.25) is 9.59 Å². The summed E-state index contributed by atoms with van der Waals surface area (Å²) in [5.41, 5.74) is 2.23. The first-order valence-corrected chi connectivity index (χ1v) is 12.1. The second-order valence-electron chi connectivity index (χ2n) is 10.2. The molecule has 2 N–H and O–H groups in total. The largest absolute Gasteiger partial charge is 0.444 e. The van der Waals surface area contributed by atoms with Crippen molar-refractivity contribution in [1.29, 1.82) is 0 Å². The zero-order valence-electron chi connectivity index (χ0n) is 21.3. The van der Waals surface area contributed by atoms with Gasteiger partial charge in [0.25, 0.3) is 0 Å². The van der Waals surface area contributed by atoms with E-state index in [-0.39, 0.29) is 30.4 Å². The maximum Gasteiger partial charge on any atom is 0.408 e. The third-order valence-electron chi connectivity index (χ3n) is 5.90. The topological polar surface area (TPSA) is 87.7 Å². The Balaban J connectivity index is 2.34. The van der Waals surface area contributed by atoms with Crippen LogP contribution >= 0.6 is 0 Å². The summed E-state index contributed by atoms with van der Waals surface area (Å²) in [6.07, 6.45) is 3.88. The van der Waals surface area contributed by atoms with Crippen LogP contribution in [0.15, 0.2) is 18.2 Å². The van der Waals surface area contributed by atoms with Crippen LogP contribution in [0.2, 0.25) is 0 Å². The highest BCUT2D eigenvalue weighted by Crippen LogP contribution is 2.34. The summed E-state index contributed by atoms with van der Waals surface area (Å²) < 4.78 is 5.27. The third kappa shape index (κ3) is 7.76. The Morgan fingerprint density at radius 1 is 1.18 bits per heavy atom. The standard InChI is InChI=1S/C26H41N3O4/c1-8-10-19(4)28-24(31)23(21-14-13-17(2)15-18(21)3)29(20-11-9-12-20)22(30)16-27-25(32)33-26(5,6)7/h13-15,19-20,23H,8-12,16H2,1-7H3,(H,27,32)(H,28,31). The molecule has 1 saturated carbocycles. The zero-order chi connectivity index (χ0) is 24.8. The van der Waals surface area contributed by atoms with Crippen LogP contribution in [-0.4, -0.2) is 47.0 Å². The molecule has 0 radical (unpaired) electrons. The second kappa shape index (κ2) is 11.5. The number of hydrogen-bond donors (Lipinski definition) is 2. The molecule has 0 aromatic heterocycles. The summed E-state index contributed by atoms with van der Waals surface area (Å²) in [6.45, 7) is 13.1. The highest BCUT2D eigenvalue weighted by Gasteiger charge is 2.39. The van der Waals surface area contributed by atoms with Crippen LogP contribution in [0.1, 0.15) is 89.5 Å². The Morgan fingerprint density at radius 2 is 1.85 bits per heavy atom. The van der Waals surface area contributed by atoms with Gasteiger partial charge in [0.05, 0.1) is 0 Å². The van der Waals surface area contributed by atoms with Crippen molar-refractivity contribution in [3.05, 3.63) is 34.9 Å². The number of nitrogens with one attached hydrogen (secondary N) is 2. The van der Waals surface area contributed by atoms with E-state index in [2.05, 4.69) is 17.6 Å². The van der Waals surface area contributed by atoms with Gasteiger partial charge in [0.15, 0.2) is 0 Å². The Hall–Kier alpha value is -2.57. The van der Waals surface area contributed by atoms with Crippen LogP contribution in [0.4, 0.5) is 4.79 Å². The number of amides is 3. The molecular formula is C26H41N3O4. The summed E-state index contributed by atoms with van der Waals surface area (Å²) in [4.78, 5) is 40.8. The lowest BCUT2D eigenvalue weighted by Gasteiger charge is -2.42. The lowest BCUT2D eigenvalue weighted by molar-refractivity contribution is -0.145. The van der Waals surface area contributed by atoms with Gasteiger partial charge in [-0.25, -0.2) is 4.79 Å². The molecule has 0 spiro atoms. The molecule has 1 aliphatic rings. The van der Waals surface area contributed by atoms with Crippen molar-refractivity contribution < 1.29 is 19.1 Å². The zero-order valence-corrected chi connectivity index (χ0v) is 21.3. The Kier molecular flexibility index (Phi) is 9.32. The van der Waals surface area contributed by atoms with Gasteiger partial charge in [0.2, 0.25) is 11.8 Å². The molecule has 7 nitrogen and oxygen atoms in total. The van der Waals surface area contributed by atoms with Crippen molar-refractivity contribution in [2.45, 2.75) is 104 Å². The average Bonchev–Trinajstić information content (AvgIpc) is 2.64. The highest BCUT2D eigenvalue weighted by atomic mass is 16.6. The molecule has 0 aliphatic heterocycles. The number of alkyl carbamates (subject to hydrolysis) is 1. The number of hydrogen-bond acceptors (Lipinski definition) is 4. The van der Waals surface area contributed by atoms with Crippen LogP contribution in [-0.2, 0) is 14.3 Å². The first kappa shape index (κ1) is 26.7. The summed E-state index contributed by atoms with van der Waals surface area (Å²) in [6, 6.07) is 5.18. The van der Waals surface area contributed by atoms with Gasteiger partial charge in [0, 0.05) is 12.1 Å². The van der Waals surface area contributed by atoms with E-state index in [1.807, 2.05) is 39.0 Å². The number of aryl methyl sites for hydroxylation is 2. The van der Waals surface area contributed by atoms with E-state index in [4.69, 9.17) is 4.74 Å². The first-order valence-electron chi connectivity index (χ1n) is 12.1. The van der Waals surface area contributed by atoms with Crippen LogP contribution in [0, 0.1) is 13.8 Å². The number of ether oxygens (including phenoxy) is 1. The minimum atomic E-state index is -0.747. The predicted molar refractivity (Wildman–Crippen MR) is 130 cm³/mol. The molecule has 0 heterocycles. The molecule has 184 valence electrons. The fraction of sp³-hybridized carbons (Fsp3) is 0.654. The molecular weight excluding hydrogens is 418 g/mol. The smallest absolute Gasteiger partial charge is 0.408 e. The third-order valence-corrected chi connectivity index (χ3v) is 5.90. The van der Waals surface area contributed by atoms with Crippen LogP contribution in [0.25, 0.3) is 0 Å². The van der Waals surface area contributed by atoms with E-state index in [1.54, 1.807) is 25.7 Å². The first-order chi connectivity index (χ1) is 15.4. The van der Waals surface area contributed by atoms with Crippen molar-refractivity contribution in [3.63, 3.8) is 0 Å². The summed E-state index contributed by atoms with van der Waals surface area (Å²) in [7, 11) is 0. The van der Waals surface area contributed by atoms with Crippen molar-refractivity contribution in [2.75, 3.05) is 6.54 Å². The number of benzene rings is 1. The van der Waals surface area contributed by atoms with E-state index >= 15 is 0 Å². The van der Waals surface area contributed by atoms with Crippen molar-refractivity contribution in [3.8, 4) is 0 Å². The molecule has 1 aliphatic carbocycles. The summed E-state index contributed by atoms with van der Waals surface area (Å²) in [5, 5.41) is 5.68. The van der Waals surface area contributed by atoms with Crippen molar-refractivity contribution in [1.82, 2.24) is 15.5 Å². The van der Waals surface area contributed by atoms with Crippen LogP contribution in [0.5, 0.6) is 0 Å². The molecule has 3 amide bonds. The van der Waals surface area contributed by atoms with E-state index < -0.39 is 17.7 Å². The highest BCUT2D eigenvalue weighted by molar-refractivity contribution is 5.91. The quantitative estimate of drug-likeness (QED) is 0.567. The Morgan fingerprint density at radius 3 is 2.36 bits per heavy atom. The SMILES string of the molecule is CCCC(C)NC(=O)C(c1ccc(C)cc1C)N(C(=O)CNC(=O)OC(C)(C)C)C1CCC1. The minimum Gasteiger partial charge on any atom is -0.444 e. The lowest BCUT2D eigenvalue weighted by Crippen LogP contribution is -2.54. The number of carbonyl (C=O) groups excluding carboxylic acids is 3. The molecule has 7 heteroatoms. The molecule has 1 aromatic carbocycles. The van der Waals surface area contributed by atoms with Gasteiger partial charge >= 0.3 is 6.09 Å². The molecule has 0 saturated heterocycles. The molecule has 2 atom stereocenters. The minimum absolute atomic E-state index is 0.00832. The maximum absolute atomic E-state index is 13.6. The van der Waals surface area contributed by atoms with Crippen LogP contribution in [0.3, 0.4) is 0 Å². The molecule has 33 heavy (non-hydrogen) atoms. The van der Waals surface area contributed by atoms with Gasteiger partial charge in [-0.05, 0) is 78.4 Å². The van der Waals surface area contributed by atoms with Crippen molar-refractivity contribution >= 4 is 17.9 Å². The van der Waals surface area contributed by atoms with Gasteiger partial charge in [0.1, 0.15) is 18.2 Å². The average molecular weight is 460 g/mol. The molecule has 1 aromatic rings. The number of rotatable bonds is 9. The maximum atomic E-state index is 13.6. The molecule has 2 rings (SSSR count). The lowest BCUT2D eigenvalue weighted by atomic mass is 9.87. The fourth-order valence-electron chi connectivity index (χ4n) is 4.15. The van der Waals surface area contributed by atoms with Crippen LogP contribution < -0.4 is 10.6 Å². The van der Waals surface area contributed by atoms with Gasteiger partial charge < -0.3 is 20.3 Å². The predicted octanol–water partition coefficient (Wildman–Crippen LogP) is 4.56. The monoisotopic (exact) mass is 459 g/mol. The van der Waals surface area contributed by atoms with Gasteiger partial charge in [-0.15, -0.1) is 0 Å². The normalized spacial score (nSPS) is 15.7. The molecule has 1 fully saturated rings. The van der Waals surface area contributed by atoms with E-state index in [0.29, 0.717) is 0 Å². The second-order valence-corrected chi connectivity index (χ2v) is 10.2. The molecule has 0 bridgehead atoms. The van der Waals surface area contributed by atoms with E-state index in [0.717, 1.165) is 48.8 Å². The number of nitrogens with zero attached hydrogens (tertiary/aromatic N) is 1.